The van der Waals surface area contributed by atoms with E-state index in [1.807, 2.05) is 30.5 Å². The van der Waals surface area contributed by atoms with E-state index in [4.69, 9.17) is 9.15 Å². The van der Waals surface area contributed by atoms with Gasteiger partial charge in [0.05, 0.1) is 27.9 Å². The molecule has 0 amide bonds. The lowest BCUT2D eigenvalue weighted by Crippen LogP contribution is -2.40. The highest BCUT2D eigenvalue weighted by Crippen LogP contribution is 2.32. The van der Waals surface area contributed by atoms with Gasteiger partial charge in [-0.25, -0.2) is 14.8 Å². The molecule has 0 aliphatic carbocycles. The van der Waals surface area contributed by atoms with Crippen molar-refractivity contribution in [1.29, 1.82) is 0 Å². The number of thiazole rings is 1. The maximum atomic E-state index is 13.8. The van der Waals surface area contributed by atoms with Crippen molar-refractivity contribution < 1.29 is 13.9 Å². The Balaban J connectivity index is 1.57. The number of ether oxygens (including phenoxy) is 1. The number of nitrogens with zero attached hydrogens (tertiary/aromatic N) is 3. The van der Waals surface area contributed by atoms with E-state index >= 15 is 0 Å². The van der Waals surface area contributed by atoms with E-state index in [2.05, 4.69) is 15.0 Å². The maximum absolute atomic E-state index is 13.8. The number of fused-ring (bicyclic) bond motifs is 1. The number of aryl methyl sites for hydroxylation is 1. The number of thioether (sulfide) groups is 1. The van der Waals surface area contributed by atoms with Crippen LogP contribution in [0.3, 0.4) is 0 Å². The zero-order valence-electron chi connectivity index (χ0n) is 22.4. The number of hydrogen-bond donors (Lipinski definition) is 1. The number of carbonyl (C=O) groups is 1. The van der Waals surface area contributed by atoms with E-state index in [0.717, 1.165) is 10.5 Å². The van der Waals surface area contributed by atoms with Crippen molar-refractivity contribution in [3.8, 4) is 0 Å². The van der Waals surface area contributed by atoms with Crippen LogP contribution in [-0.4, -0.2) is 32.9 Å². The van der Waals surface area contributed by atoms with Crippen LogP contribution in [0.5, 0.6) is 0 Å². The minimum Gasteiger partial charge on any atom is -0.459 e. The third kappa shape index (κ3) is 5.79. The van der Waals surface area contributed by atoms with Crippen LogP contribution in [0.15, 0.2) is 87.9 Å². The molecule has 5 rings (SSSR count). The summed E-state index contributed by atoms with van der Waals surface area (Å²) in [6, 6.07) is 12.0. The first-order chi connectivity index (χ1) is 19.1. The number of H-pyrrole nitrogens is 1. The molecule has 1 aliphatic heterocycles. The van der Waals surface area contributed by atoms with E-state index in [1.54, 1.807) is 62.2 Å². The number of nitrogens with one attached hydrogen (secondary N) is 1. The largest absolute Gasteiger partial charge is 0.459 e. The second-order valence-electron chi connectivity index (χ2n) is 9.26. The third-order valence-corrected chi connectivity index (χ3v) is 8.47. The molecular formula is C28H26N4O5S3. The molecule has 1 aliphatic rings. The maximum Gasteiger partial charge on any atom is 0.338 e. The molecule has 4 aromatic rings. The molecule has 206 valence electrons. The van der Waals surface area contributed by atoms with Gasteiger partial charge in [0.25, 0.3) is 11.1 Å². The minimum absolute atomic E-state index is 0.243. The lowest BCUT2D eigenvalue weighted by Gasteiger charge is -2.25. The average molecular weight is 595 g/mol. The lowest BCUT2D eigenvalue weighted by atomic mass is 9.96. The Hall–Kier alpha value is -3.61. The fourth-order valence-corrected chi connectivity index (χ4v) is 6.49. The van der Waals surface area contributed by atoms with Crippen molar-refractivity contribution in [2.75, 3.05) is 6.26 Å². The van der Waals surface area contributed by atoms with Crippen molar-refractivity contribution in [2.45, 2.75) is 55.0 Å². The monoisotopic (exact) mass is 594 g/mol. The van der Waals surface area contributed by atoms with Crippen LogP contribution in [0.25, 0.3) is 6.08 Å². The van der Waals surface area contributed by atoms with Gasteiger partial charge in [0.2, 0.25) is 0 Å². The first-order valence-corrected chi connectivity index (χ1v) is 15.2. The van der Waals surface area contributed by atoms with Crippen molar-refractivity contribution in [2.24, 2.45) is 4.99 Å². The number of aromatic amines is 1. The number of furan rings is 1. The van der Waals surface area contributed by atoms with Gasteiger partial charge in [0.15, 0.2) is 15.1 Å². The summed E-state index contributed by atoms with van der Waals surface area (Å²) in [6.45, 7) is 7.07. The SMILES string of the molecule is CSc1ccc([C@H]2C(C(=O)OC(C)C)=C(C)N=c3s/c(=C\c4ccc(Sc5nc(C)cc(=O)[nH]5)o4)c(=O)n32)cc1. The van der Waals surface area contributed by atoms with E-state index in [-0.39, 0.29) is 17.2 Å². The smallest absolute Gasteiger partial charge is 0.338 e. The van der Waals surface area contributed by atoms with Gasteiger partial charge in [0, 0.05) is 22.7 Å². The highest BCUT2D eigenvalue weighted by atomic mass is 32.2. The molecular weight excluding hydrogens is 569 g/mol. The highest BCUT2D eigenvalue weighted by Gasteiger charge is 2.33. The molecule has 0 bridgehead atoms. The van der Waals surface area contributed by atoms with Gasteiger partial charge in [-0.05, 0) is 75.5 Å². The number of allylic oxidation sites excluding steroid dienone is 1. The van der Waals surface area contributed by atoms with Crippen molar-refractivity contribution in [3.63, 3.8) is 0 Å². The van der Waals surface area contributed by atoms with Gasteiger partial charge in [-0.2, -0.15) is 0 Å². The molecule has 9 nitrogen and oxygen atoms in total. The topological polar surface area (TPSA) is 120 Å². The second kappa shape index (κ2) is 11.5. The van der Waals surface area contributed by atoms with E-state index in [0.29, 0.717) is 42.3 Å². The van der Waals surface area contributed by atoms with Gasteiger partial charge < -0.3 is 14.1 Å². The van der Waals surface area contributed by atoms with Crippen molar-refractivity contribution in [1.82, 2.24) is 14.5 Å². The van der Waals surface area contributed by atoms with Gasteiger partial charge >= 0.3 is 5.97 Å². The predicted molar refractivity (Wildman–Crippen MR) is 156 cm³/mol. The van der Waals surface area contributed by atoms with Gasteiger partial charge in [-0.3, -0.25) is 14.2 Å². The molecule has 0 fully saturated rings. The molecule has 12 heteroatoms. The fourth-order valence-electron chi connectivity index (χ4n) is 4.25. The molecule has 3 aromatic heterocycles. The van der Waals surface area contributed by atoms with Gasteiger partial charge in [-0.15, -0.1) is 11.8 Å². The molecule has 4 heterocycles. The molecule has 0 radical (unpaired) electrons. The second-order valence-corrected chi connectivity index (χ2v) is 12.1. The van der Waals surface area contributed by atoms with Crippen LogP contribution < -0.4 is 20.5 Å². The van der Waals surface area contributed by atoms with E-state index < -0.39 is 12.0 Å². The summed E-state index contributed by atoms with van der Waals surface area (Å²) in [5, 5.41) is 0.920. The Labute approximate surface area is 241 Å². The molecule has 1 atom stereocenters. The Morgan fingerprint density at radius 2 is 1.93 bits per heavy atom. The highest BCUT2D eigenvalue weighted by molar-refractivity contribution is 7.99. The lowest BCUT2D eigenvalue weighted by molar-refractivity contribution is -0.143. The van der Waals surface area contributed by atoms with Crippen LogP contribution in [-0.2, 0) is 9.53 Å². The number of rotatable bonds is 7. The average Bonchev–Trinajstić information content (AvgIpc) is 3.45. The van der Waals surface area contributed by atoms with E-state index in [9.17, 15) is 14.4 Å². The van der Waals surface area contributed by atoms with Crippen LogP contribution >= 0.6 is 34.9 Å². The van der Waals surface area contributed by atoms with Gasteiger partial charge in [-0.1, -0.05) is 23.5 Å². The van der Waals surface area contributed by atoms with E-state index in [1.165, 1.54) is 29.2 Å². The quantitative estimate of drug-likeness (QED) is 0.193. The molecule has 1 N–H and O–H groups in total. The summed E-state index contributed by atoms with van der Waals surface area (Å²) in [4.78, 5) is 51.9. The zero-order valence-corrected chi connectivity index (χ0v) is 24.8. The fraction of sp³-hybridized carbons (Fsp3) is 0.250. The molecule has 40 heavy (non-hydrogen) atoms. The van der Waals surface area contributed by atoms with Crippen LogP contribution in [0.1, 0.15) is 43.8 Å². The summed E-state index contributed by atoms with van der Waals surface area (Å²) in [6.07, 6.45) is 3.32. The van der Waals surface area contributed by atoms with Crippen molar-refractivity contribution in [3.05, 3.63) is 101 Å². The molecule has 1 aromatic carbocycles. The van der Waals surface area contributed by atoms with Gasteiger partial charge in [0.1, 0.15) is 5.76 Å². The zero-order chi connectivity index (χ0) is 28.6. The van der Waals surface area contributed by atoms with Crippen LogP contribution in [0, 0.1) is 6.92 Å². The third-order valence-electron chi connectivity index (χ3n) is 5.94. The predicted octanol–water partition coefficient (Wildman–Crippen LogP) is 4.04. The molecule has 0 spiro atoms. The first kappa shape index (κ1) is 27.9. The number of hydrogen-bond acceptors (Lipinski definition) is 10. The summed E-state index contributed by atoms with van der Waals surface area (Å²) in [5.74, 6) is -0.0428. The Morgan fingerprint density at radius 3 is 2.60 bits per heavy atom. The standard InChI is InChI=1S/C28H26N4O5S3/c1-14(2)36-26(35)23-16(4)30-28-32(24(23)17-6-9-19(38-5)10-7-17)25(34)20(39-28)13-18-8-11-22(37-18)40-27-29-15(3)12-21(33)31-27/h6-14,24H,1-5H3,(H,29,31,33)/b20-13-/t24-/m0/s1. The minimum atomic E-state index is -0.688. The Kier molecular flexibility index (Phi) is 8.02. The Bertz CT molecular complexity index is 1860. The molecule has 0 saturated heterocycles. The molecule has 0 saturated carbocycles. The Morgan fingerprint density at radius 1 is 1.18 bits per heavy atom. The normalized spacial score (nSPS) is 15.3. The molecule has 0 unspecified atom stereocenters. The summed E-state index contributed by atoms with van der Waals surface area (Å²) in [7, 11) is 0. The number of aromatic nitrogens is 3. The number of esters is 1. The van der Waals surface area contributed by atoms with Crippen molar-refractivity contribution >= 4 is 46.9 Å². The number of benzene rings is 1. The first-order valence-electron chi connectivity index (χ1n) is 12.4. The summed E-state index contributed by atoms with van der Waals surface area (Å²) >= 11 is 4.01. The van der Waals surface area contributed by atoms with Crippen LogP contribution in [0.2, 0.25) is 0 Å². The summed E-state index contributed by atoms with van der Waals surface area (Å²) < 4.78 is 13.4. The van der Waals surface area contributed by atoms with Crippen LogP contribution in [0.4, 0.5) is 0 Å². The number of carbonyl (C=O) groups excluding carboxylic acids is 1. The summed E-state index contributed by atoms with van der Waals surface area (Å²) in [5.41, 5.74) is 1.69.